The van der Waals surface area contributed by atoms with Crippen molar-refractivity contribution in [1.29, 1.82) is 0 Å². The average Bonchev–Trinajstić information content (AvgIpc) is 3.95. The van der Waals surface area contributed by atoms with Gasteiger partial charge < -0.3 is 8.98 Å². The number of para-hydroxylation sites is 3. The van der Waals surface area contributed by atoms with Crippen LogP contribution in [0.25, 0.3) is 111 Å². The van der Waals surface area contributed by atoms with Gasteiger partial charge in [-0.15, -0.1) is 0 Å². The molecule has 57 heavy (non-hydrogen) atoms. The van der Waals surface area contributed by atoms with Crippen LogP contribution in [0.5, 0.6) is 0 Å². The lowest BCUT2D eigenvalue weighted by atomic mass is 10.0. The van der Waals surface area contributed by atoms with Crippen LogP contribution >= 0.6 is 0 Å². The van der Waals surface area contributed by atoms with E-state index in [0.29, 0.717) is 17.6 Å². The molecule has 6 nitrogen and oxygen atoms in total. The second-order valence-corrected chi connectivity index (χ2v) is 14.4. The Morgan fingerprint density at radius 2 is 0.947 bits per heavy atom. The van der Waals surface area contributed by atoms with Crippen LogP contribution in [0.2, 0.25) is 0 Å². The molecule has 6 heteroatoms. The Morgan fingerprint density at radius 1 is 0.351 bits per heavy atom. The fourth-order valence-electron chi connectivity index (χ4n) is 8.70. The van der Waals surface area contributed by atoms with Gasteiger partial charge in [0.25, 0.3) is 0 Å². The highest BCUT2D eigenvalue weighted by Crippen LogP contribution is 2.44. The van der Waals surface area contributed by atoms with Gasteiger partial charge in [-0.05, 0) is 53.6 Å². The molecule has 266 valence electrons. The van der Waals surface area contributed by atoms with Crippen LogP contribution in [0, 0.1) is 0 Å². The fraction of sp³-hybridized carbons (Fsp3) is 0. The van der Waals surface area contributed by atoms with Gasteiger partial charge >= 0.3 is 0 Å². The number of benzene rings is 8. The van der Waals surface area contributed by atoms with Crippen LogP contribution in [-0.2, 0) is 0 Å². The molecule has 0 fully saturated rings. The highest BCUT2D eigenvalue weighted by molar-refractivity contribution is 6.26. The maximum Gasteiger partial charge on any atom is 0.238 e. The average molecular weight is 730 g/mol. The summed E-state index contributed by atoms with van der Waals surface area (Å²) >= 11 is 0. The van der Waals surface area contributed by atoms with Gasteiger partial charge in [-0.1, -0.05) is 146 Å². The Hall–Kier alpha value is -7.83. The summed E-state index contributed by atoms with van der Waals surface area (Å²) in [6.07, 6.45) is 0. The summed E-state index contributed by atoms with van der Waals surface area (Å²) in [6, 6.07) is 65.4. The molecule has 0 amide bonds. The van der Waals surface area contributed by atoms with Gasteiger partial charge in [0.15, 0.2) is 11.6 Å². The molecule has 0 unspecified atom stereocenters. The lowest BCUT2D eigenvalue weighted by molar-refractivity contribution is 0.669. The first-order valence-electron chi connectivity index (χ1n) is 19.1. The SMILES string of the molecule is c1ccc(-c2cccc(-c3nc(-c4ccccc4)nc(-n4c5ccccc5c5ccc6c(c7ccccc7n6-c6cccc7oc8ccccc8c67)c54)n3)c2)cc1. The third kappa shape index (κ3) is 4.81. The molecule has 0 saturated carbocycles. The maximum atomic E-state index is 6.39. The standard InChI is InChI=1S/C51H31N5O/c1-3-15-32(16-4-1)34-19-13-20-35(31-34)50-52-49(33-17-5-2-6-18-33)53-51(54-50)56-40-24-10-7-21-36(40)37-29-30-43-47(48(37)56)38-22-8-11-25-41(38)55(43)42-26-14-28-45-46(42)39-23-9-12-27-44(39)57-45/h1-31H. The second kappa shape index (κ2) is 12.3. The molecule has 0 spiro atoms. The highest BCUT2D eigenvalue weighted by atomic mass is 16.3. The molecule has 12 rings (SSSR count). The Labute approximate surface area is 326 Å². The zero-order valence-corrected chi connectivity index (χ0v) is 30.5. The van der Waals surface area contributed by atoms with Crippen LogP contribution in [0.15, 0.2) is 192 Å². The number of nitrogens with zero attached hydrogens (tertiary/aromatic N) is 5. The molecule has 0 aliphatic carbocycles. The van der Waals surface area contributed by atoms with Gasteiger partial charge in [-0.3, -0.25) is 4.57 Å². The topological polar surface area (TPSA) is 61.7 Å². The number of furan rings is 1. The van der Waals surface area contributed by atoms with E-state index in [4.69, 9.17) is 19.4 Å². The van der Waals surface area contributed by atoms with Crippen LogP contribution < -0.4 is 0 Å². The lowest BCUT2D eigenvalue weighted by Crippen LogP contribution is -2.06. The Bertz CT molecular complexity index is 3520. The molecule has 8 aromatic carbocycles. The highest BCUT2D eigenvalue weighted by Gasteiger charge is 2.24. The molecule has 4 aromatic heterocycles. The minimum absolute atomic E-state index is 0.558. The van der Waals surface area contributed by atoms with E-state index in [1.54, 1.807) is 0 Å². The third-order valence-corrected chi connectivity index (χ3v) is 11.2. The lowest BCUT2D eigenvalue weighted by Gasteiger charge is -2.12. The molecular formula is C51H31N5O. The van der Waals surface area contributed by atoms with E-state index in [1.165, 1.54) is 0 Å². The van der Waals surface area contributed by atoms with Crippen molar-refractivity contribution < 1.29 is 4.42 Å². The molecule has 0 N–H and O–H groups in total. The van der Waals surface area contributed by atoms with Gasteiger partial charge in [-0.2, -0.15) is 9.97 Å². The van der Waals surface area contributed by atoms with Crippen LogP contribution in [-0.4, -0.2) is 24.1 Å². The number of hydrogen-bond acceptors (Lipinski definition) is 4. The predicted molar refractivity (Wildman–Crippen MR) is 232 cm³/mol. The molecule has 0 bridgehead atoms. The minimum atomic E-state index is 0.558. The molecule has 0 atom stereocenters. The van der Waals surface area contributed by atoms with Crippen molar-refractivity contribution in [2.45, 2.75) is 0 Å². The number of aromatic nitrogens is 5. The van der Waals surface area contributed by atoms with E-state index in [2.05, 4.69) is 161 Å². The second-order valence-electron chi connectivity index (χ2n) is 14.4. The van der Waals surface area contributed by atoms with Crippen molar-refractivity contribution in [2.75, 3.05) is 0 Å². The normalized spacial score (nSPS) is 11.9. The van der Waals surface area contributed by atoms with Crippen LogP contribution in [0.1, 0.15) is 0 Å². The summed E-state index contributed by atoms with van der Waals surface area (Å²) < 4.78 is 11.0. The zero-order chi connectivity index (χ0) is 37.5. The van der Waals surface area contributed by atoms with Crippen molar-refractivity contribution in [2.24, 2.45) is 0 Å². The summed E-state index contributed by atoms with van der Waals surface area (Å²) in [6.45, 7) is 0. The van der Waals surface area contributed by atoms with Crippen LogP contribution in [0.3, 0.4) is 0 Å². The van der Waals surface area contributed by atoms with Crippen molar-refractivity contribution >= 4 is 65.6 Å². The summed E-state index contributed by atoms with van der Waals surface area (Å²) in [4.78, 5) is 15.8. The maximum absolute atomic E-state index is 6.39. The van der Waals surface area contributed by atoms with Crippen molar-refractivity contribution in [3.8, 4) is 45.5 Å². The van der Waals surface area contributed by atoms with Gasteiger partial charge in [0.05, 0.1) is 33.1 Å². The molecule has 0 radical (unpaired) electrons. The van der Waals surface area contributed by atoms with Gasteiger partial charge in [0.2, 0.25) is 5.95 Å². The summed E-state index contributed by atoms with van der Waals surface area (Å²) in [7, 11) is 0. The molecule has 0 saturated heterocycles. The van der Waals surface area contributed by atoms with E-state index < -0.39 is 0 Å². The third-order valence-electron chi connectivity index (χ3n) is 11.2. The summed E-state index contributed by atoms with van der Waals surface area (Å²) in [5.74, 6) is 1.78. The van der Waals surface area contributed by atoms with E-state index in [0.717, 1.165) is 93.5 Å². The van der Waals surface area contributed by atoms with Crippen molar-refractivity contribution in [3.05, 3.63) is 188 Å². The van der Waals surface area contributed by atoms with Gasteiger partial charge in [0, 0.05) is 38.1 Å². The number of hydrogen-bond donors (Lipinski definition) is 0. The van der Waals surface area contributed by atoms with Crippen LogP contribution in [0.4, 0.5) is 0 Å². The van der Waals surface area contributed by atoms with Crippen molar-refractivity contribution in [3.63, 3.8) is 0 Å². The van der Waals surface area contributed by atoms with Crippen molar-refractivity contribution in [1.82, 2.24) is 24.1 Å². The quantitative estimate of drug-likeness (QED) is 0.177. The first kappa shape index (κ1) is 31.5. The zero-order valence-electron chi connectivity index (χ0n) is 30.5. The monoisotopic (exact) mass is 729 g/mol. The first-order chi connectivity index (χ1) is 28.3. The Morgan fingerprint density at radius 3 is 1.75 bits per heavy atom. The Balaban J connectivity index is 1.19. The van der Waals surface area contributed by atoms with E-state index >= 15 is 0 Å². The van der Waals surface area contributed by atoms with Gasteiger partial charge in [0.1, 0.15) is 11.2 Å². The molecular weight excluding hydrogens is 699 g/mol. The van der Waals surface area contributed by atoms with E-state index in [9.17, 15) is 0 Å². The van der Waals surface area contributed by atoms with E-state index in [-0.39, 0.29) is 0 Å². The molecule has 4 heterocycles. The largest absolute Gasteiger partial charge is 0.456 e. The fourth-order valence-corrected chi connectivity index (χ4v) is 8.70. The smallest absolute Gasteiger partial charge is 0.238 e. The Kier molecular flexibility index (Phi) is 6.83. The minimum Gasteiger partial charge on any atom is -0.456 e. The predicted octanol–water partition coefficient (Wildman–Crippen LogP) is 13.0. The molecule has 12 aromatic rings. The van der Waals surface area contributed by atoms with E-state index in [1.807, 2.05) is 36.4 Å². The summed E-state index contributed by atoms with van der Waals surface area (Å²) in [5.41, 5.74) is 11.1. The first-order valence-corrected chi connectivity index (χ1v) is 19.1. The van der Waals surface area contributed by atoms with Gasteiger partial charge in [-0.25, -0.2) is 4.98 Å². The molecule has 0 aliphatic rings. The number of rotatable bonds is 5. The molecule has 0 aliphatic heterocycles. The number of fused-ring (bicyclic) bond motifs is 10. The summed E-state index contributed by atoms with van der Waals surface area (Å²) in [5, 5.41) is 6.69.